The summed E-state index contributed by atoms with van der Waals surface area (Å²) in [4.78, 5) is 11.4. The van der Waals surface area contributed by atoms with Gasteiger partial charge in [-0.05, 0) is 37.1 Å². The van der Waals surface area contributed by atoms with Crippen molar-refractivity contribution in [2.24, 2.45) is 0 Å². The predicted molar refractivity (Wildman–Crippen MR) is 62.6 cm³/mol. The number of hydrogen-bond donors (Lipinski definition) is 1. The number of carbonyl (C=O) groups is 1. The number of amides is 1. The predicted octanol–water partition coefficient (Wildman–Crippen LogP) is 2.66. The topological polar surface area (TPSA) is 29.1 Å². The Kier molecular flexibility index (Phi) is 3.93. The second-order valence-corrected chi connectivity index (χ2v) is 3.55. The summed E-state index contributed by atoms with van der Waals surface area (Å²) in [5.74, 6) is 2.41. The molecule has 0 aliphatic carbocycles. The molecule has 0 unspecified atom stereocenters. The molecule has 0 spiro atoms. The maximum atomic E-state index is 11.4. The average Bonchev–Trinajstić information content (AvgIpc) is 2.20. The molecule has 1 rings (SSSR count). The van der Waals surface area contributed by atoms with Gasteiger partial charge >= 0.3 is 0 Å². The van der Waals surface area contributed by atoms with E-state index in [1.165, 1.54) is 11.1 Å². The zero-order valence-corrected chi connectivity index (χ0v) is 9.13. The van der Waals surface area contributed by atoms with Crippen LogP contribution in [0.4, 0.5) is 5.69 Å². The lowest BCUT2D eigenvalue weighted by atomic mass is 10.1. The quantitative estimate of drug-likeness (QED) is 0.748. The molecule has 1 aromatic rings. The van der Waals surface area contributed by atoms with Gasteiger partial charge in [-0.3, -0.25) is 4.79 Å². The molecule has 0 radical (unpaired) electrons. The van der Waals surface area contributed by atoms with E-state index in [-0.39, 0.29) is 5.91 Å². The minimum atomic E-state index is -0.0313. The third kappa shape index (κ3) is 3.47. The summed E-state index contributed by atoms with van der Waals surface area (Å²) in [7, 11) is 0. The Morgan fingerprint density at radius 3 is 2.73 bits per heavy atom. The van der Waals surface area contributed by atoms with Gasteiger partial charge in [0.1, 0.15) is 0 Å². The molecule has 0 heterocycles. The fourth-order valence-corrected chi connectivity index (χ4v) is 1.23. The maximum absolute atomic E-state index is 11.4. The van der Waals surface area contributed by atoms with Crippen molar-refractivity contribution in [2.45, 2.75) is 26.7 Å². The molecule has 0 atom stereocenters. The first kappa shape index (κ1) is 11.3. The maximum Gasteiger partial charge on any atom is 0.225 e. The second kappa shape index (κ2) is 5.21. The third-order valence-electron chi connectivity index (χ3n) is 2.29. The number of aryl methyl sites for hydroxylation is 2. The van der Waals surface area contributed by atoms with Crippen molar-refractivity contribution < 1.29 is 4.79 Å². The van der Waals surface area contributed by atoms with Crippen LogP contribution in [0.1, 0.15) is 24.0 Å². The first-order valence-corrected chi connectivity index (χ1v) is 4.94. The molecule has 0 aliphatic heterocycles. The number of benzene rings is 1. The first-order chi connectivity index (χ1) is 7.13. The molecular weight excluding hydrogens is 186 g/mol. The molecule has 0 saturated heterocycles. The summed E-state index contributed by atoms with van der Waals surface area (Å²) >= 11 is 0. The van der Waals surface area contributed by atoms with E-state index >= 15 is 0 Å². The molecular formula is C13H15NO. The standard InChI is InChI=1S/C13H15NO/c1-4-5-6-13(15)14-12-8-7-10(2)11(3)9-12/h1,7-9H,5-6H2,2-3H3,(H,14,15). The molecule has 15 heavy (non-hydrogen) atoms. The lowest BCUT2D eigenvalue weighted by Gasteiger charge is -2.06. The van der Waals surface area contributed by atoms with E-state index in [4.69, 9.17) is 6.42 Å². The highest BCUT2D eigenvalue weighted by molar-refractivity contribution is 5.90. The molecule has 0 fully saturated rings. The minimum absolute atomic E-state index is 0.0313. The molecule has 0 aliphatic rings. The number of carbonyl (C=O) groups excluding carboxylic acids is 1. The van der Waals surface area contributed by atoms with Gasteiger partial charge in [0, 0.05) is 18.5 Å². The van der Waals surface area contributed by atoms with Gasteiger partial charge in [-0.15, -0.1) is 12.3 Å². The smallest absolute Gasteiger partial charge is 0.225 e. The van der Waals surface area contributed by atoms with E-state index < -0.39 is 0 Å². The third-order valence-corrected chi connectivity index (χ3v) is 2.29. The molecule has 0 bridgehead atoms. The van der Waals surface area contributed by atoms with Crippen molar-refractivity contribution in [1.82, 2.24) is 0 Å². The Morgan fingerprint density at radius 1 is 1.40 bits per heavy atom. The van der Waals surface area contributed by atoms with E-state index in [1.807, 2.05) is 32.0 Å². The highest BCUT2D eigenvalue weighted by Crippen LogP contribution is 2.14. The summed E-state index contributed by atoms with van der Waals surface area (Å²) in [6.07, 6.45) is 5.95. The van der Waals surface area contributed by atoms with E-state index in [2.05, 4.69) is 11.2 Å². The highest BCUT2D eigenvalue weighted by atomic mass is 16.1. The van der Waals surface area contributed by atoms with Crippen molar-refractivity contribution in [3.8, 4) is 12.3 Å². The average molecular weight is 201 g/mol. The van der Waals surface area contributed by atoms with Gasteiger partial charge in [0.05, 0.1) is 0 Å². The summed E-state index contributed by atoms with van der Waals surface area (Å²) in [5, 5.41) is 2.81. The van der Waals surface area contributed by atoms with Crippen LogP contribution < -0.4 is 5.32 Å². The lowest BCUT2D eigenvalue weighted by molar-refractivity contribution is -0.116. The van der Waals surface area contributed by atoms with E-state index in [1.54, 1.807) is 0 Å². The number of rotatable bonds is 3. The molecule has 78 valence electrons. The van der Waals surface area contributed by atoms with Gasteiger partial charge in [-0.2, -0.15) is 0 Å². The van der Waals surface area contributed by atoms with Gasteiger partial charge < -0.3 is 5.32 Å². The number of nitrogens with one attached hydrogen (secondary N) is 1. The largest absolute Gasteiger partial charge is 0.326 e. The van der Waals surface area contributed by atoms with Crippen LogP contribution >= 0.6 is 0 Å². The number of anilines is 1. The van der Waals surface area contributed by atoms with Crippen molar-refractivity contribution in [1.29, 1.82) is 0 Å². The van der Waals surface area contributed by atoms with E-state index in [0.717, 1.165) is 5.69 Å². The first-order valence-electron chi connectivity index (χ1n) is 4.94. The summed E-state index contributed by atoms with van der Waals surface area (Å²) < 4.78 is 0. The van der Waals surface area contributed by atoms with Gasteiger partial charge in [-0.1, -0.05) is 6.07 Å². The zero-order valence-electron chi connectivity index (χ0n) is 9.13. The second-order valence-electron chi connectivity index (χ2n) is 3.55. The van der Waals surface area contributed by atoms with Gasteiger partial charge in [0.2, 0.25) is 5.91 Å². The molecule has 1 N–H and O–H groups in total. The van der Waals surface area contributed by atoms with Crippen LogP contribution in [0.15, 0.2) is 18.2 Å². The Balaban J connectivity index is 2.62. The van der Waals surface area contributed by atoms with Crippen molar-refractivity contribution in [2.75, 3.05) is 5.32 Å². The summed E-state index contributed by atoms with van der Waals surface area (Å²) in [6, 6.07) is 5.85. The van der Waals surface area contributed by atoms with Crippen LogP contribution in [0.5, 0.6) is 0 Å². The number of terminal acetylenes is 1. The fourth-order valence-electron chi connectivity index (χ4n) is 1.23. The van der Waals surface area contributed by atoms with E-state index in [9.17, 15) is 4.79 Å². The van der Waals surface area contributed by atoms with Crippen molar-refractivity contribution in [3.05, 3.63) is 29.3 Å². The Labute approximate surface area is 90.7 Å². The molecule has 2 nitrogen and oxygen atoms in total. The molecule has 0 aromatic heterocycles. The zero-order chi connectivity index (χ0) is 11.3. The van der Waals surface area contributed by atoms with Crippen LogP contribution in [-0.2, 0) is 4.79 Å². The van der Waals surface area contributed by atoms with Gasteiger partial charge in [0.25, 0.3) is 0 Å². The summed E-state index contributed by atoms with van der Waals surface area (Å²) in [5.41, 5.74) is 3.22. The number of hydrogen-bond acceptors (Lipinski definition) is 1. The summed E-state index contributed by atoms with van der Waals surface area (Å²) in [6.45, 7) is 4.06. The van der Waals surface area contributed by atoms with Crippen LogP contribution in [0.25, 0.3) is 0 Å². The fraction of sp³-hybridized carbons (Fsp3) is 0.308. The monoisotopic (exact) mass is 201 g/mol. The molecule has 1 amide bonds. The molecule has 2 heteroatoms. The van der Waals surface area contributed by atoms with Crippen LogP contribution in [0, 0.1) is 26.2 Å². The Bertz CT molecular complexity index is 401. The SMILES string of the molecule is C#CCCC(=O)Nc1ccc(C)c(C)c1. The van der Waals surface area contributed by atoms with E-state index in [0.29, 0.717) is 12.8 Å². The van der Waals surface area contributed by atoms with Gasteiger partial charge in [-0.25, -0.2) is 0 Å². The lowest BCUT2D eigenvalue weighted by Crippen LogP contribution is -2.10. The Hall–Kier alpha value is -1.75. The van der Waals surface area contributed by atoms with Gasteiger partial charge in [0.15, 0.2) is 0 Å². The van der Waals surface area contributed by atoms with Crippen LogP contribution in [-0.4, -0.2) is 5.91 Å². The Morgan fingerprint density at radius 2 is 2.13 bits per heavy atom. The van der Waals surface area contributed by atoms with Crippen LogP contribution in [0.3, 0.4) is 0 Å². The highest BCUT2D eigenvalue weighted by Gasteiger charge is 2.01. The molecule has 1 aromatic carbocycles. The van der Waals surface area contributed by atoms with Crippen molar-refractivity contribution >= 4 is 11.6 Å². The van der Waals surface area contributed by atoms with Crippen molar-refractivity contribution in [3.63, 3.8) is 0 Å². The van der Waals surface area contributed by atoms with Crippen LogP contribution in [0.2, 0.25) is 0 Å². The normalized spacial score (nSPS) is 9.40. The molecule has 0 saturated carbocycles. The minimum Gasteiger partial charge on any atom is -0.326 e.